The maximum Gasteiger partial charge on any atom is 0.191 e. The number of benzene rings is 1. The van der Waals surface area contributed by atoms with Crippen LogP contribution in [-0.2, 0) is 6.54 Å². The molecule has 0 bridgehead atoms. The van der Waals surface area contributed by atoms with E-state index in [2.05, 4.69) is 31.6 Å². The molecule has 1 heterocycles. The smallest absolute Gasteiger partial charge is 0.191 e. The average molecular weight is 494 g/mol. The lowest BCUT2D eigenvalue weighted by molar-refractivity contribution is 0.222. The van der Waals surface area contributed by atoms with Crippen molar-refractivity contribution in [3.05, 3.63) is 52.9 Å². The first-order valence-corrected chi connectivity index (χ1v) is 7.86. The number of ether oxygens (including phenoxy) is 1. The Morgan fingerprint density at radius 3 is 2.70 bits per heavy atom. The molecular formula is C16H21BrIN3O2. The summed E-state index contributed by atoms with van der Waals surface area (Å²) in [6.45, 7) is 3.23. The van der Waals surface area contributed by atoms with Crippen LogP contribution in [-0.4, -0.2) is 25.7 Å². The first-order chi connectivity index (χ1) is 10.7. The lowest BCUT2D eigenvalue weighted by atomic mass is 10.3. The number of halogens is 2. The molecule has 126 valence electrons. The van der Waals surface area contributed by atoms with Crippen LogP contribution in [0, 0.1) is 0 Å². The molecule has 1 atom stereocenters. The number of para-hydroxylation sites is 1. The molecule has 0 saturated heterocycles. The first kappa shape index (κ1) is 19.8. The minimum absolute atomic E-state index is 0. The van der Waals surface area contributed by atoms with Crippen molar-refractivity contribution < 1.29 is 9.15 Å². The molecule has 0 radical (unpaired) electrons. The fourth-order valence-electron chi connectivity index (χ4n) is 1.84. The molecule has 0 aliphatic heterocycles. The van der Waals surface area contributed by atoms with Gasteiger partial charge in [-0.2, -0.15) is 0 Å². The van der Waals surface area contributed by atoms with Crippen LogP contribution < -0.4 is 15.4 Å². The lowest BCUT2D eigenvalue weighted by Crippen LogP contribution is -2.41. The van der Waals surface area contributed by atoms with E-state index in [1.165, 1.54) is 0 Å². The normalized spacial score (nSPS) is 12.2. The van der Waals surface area contributed by atoms with Crippen LogP contribution in [0.4, 0.5) is 0 Å². The van der Waals surface area contributed by atoms with E-state index in [-0.39, 0.29) is 30.1 Å². The minimum atomic E-state index is 0. The number of hydrogen-bond acceptors (Lipinski definition) is 3. The molecule has 1 unspecified atom stereocenters. The zero-order chi connectivity index (χ0) is 15.8. The van der Waals surface area contributed by atoms with Crippen molar-refractivity contribution >= 4 is 45.9 Å². The van der Waals surface area contributed by atoms with Crippen molar-refractivity contribution in [3.63, 3.8) is 0 Å². The summed E-state index contributed by atoms with van der Waals surface area (Å²) in [5, 5.41) is 6.41. The van der Waals surface area contributed by atoms with Crippen molar-refractivity contribution in [2.45, 2.75) is 19.6 Å². The second-order valence-electron chi connectivity index (χ2n) is 4.74. The zero-order valence-electron chi connectivity index (χ0n) is 13.1. The van der Waals surface area contributed by atoms with Crippen LogP contribution in [0.25, 0.3) is 0 Å². The number of nitrogens with one attached hydrogen (secondary N) is 2. The van der Waals surface area contributed by atoms with Crippen LogP contribution in [0.5, 0.6) is 5.75 Å². The molecule has 0 aliphatic rings. The van der Waals surface area contributed by atoms with Crippen LogP contribution >= 0.6 is 39.9 Å². The Bertz CT molecular complexity index is 605. The third kappa shape index (κ3) is 6.82. The van der Waals surface area contributed by atoms with Crippen LogP contribution in [0.2, 0.25) is 0 Å². The molecule has 0 fully saturated rings. The highest BCUT2D eigenvalue weighted by Gasteiger charge is 2.08. The van der Waals surface area contributed by atoms with Gasteiger partial charge >= 0.3 is 0 Å². The Hall–Kier alpha value is -1.22. The number of aliphatic imine (C=N–C) groups is 1. The van der Waals surface area contributed by atoms with Crippen LogP contribution in [0.1, 0.15) is 12.7 Å². The van der Waals surface area contributed by atoms with E-state index >= 15 is 0 Å². The number of furan rings is 1. The molecule has 0 amide bonds. The summed E-state index contributed by atoms with van der Waals surface area (Å²) < 4.78 is 12.1. The monoisotopic (exact) mass is 493 g/mol. The highest BCUT2D eigenvalue weighted by Crippen LogP contribution is 2.24. The van der Waals surface area contributed by atoms with Gasteiger partial charge < -0.3 is 19.8 Å². The summed E-state index contributed by atoms with van der Waals surface area (Å²) in [7, 11) is 1.73. The van der Waals surface area contributed by atoms with Crippen molar-refractivity contribution in [1.82, 2.24) is 10.6 Å². The minimum Gasteiger partial charge on any atom is -0.488 e. The molecule has 2 N–H and O–H groups in total. The Balaban J connectivity index is 0.00000264. The molecule has 1 aromatic heterocycles. The van der Waals surface area contributed by atoms with Gasteiger partial charge in [-0.25, -0.2) is 0 Å². The first-order valence-electron chi connectivity index (χ1n) is 7.07. The van der Waals surface area contributed by atoms with E-state index in [4.69, 9.17) is 9.15 Å². The van der Waals surface area contributed by atoms with E-state index in [0.717, 1.165) is 16.0 Å². The van der Waals surface area contributed by atoms with E-state index in [1.807, 2.05) is 43.3 Å². The number of hydrogen-bond donors (Lipinski definition) is 2. The molecule has 23 heavy (non-hydrogen) atoms. The third-order valence-corrected chi connectivity index (χ3v) is 3.61. The summed E-state index contributed by atoms with van der Waals surface area (Å²) in [6, 6.07) is 11.6. The SMILES string of the molecule is CN=C(NCc1ccco1)NCC(C)Oc1ccccc1Br.I. The lowest BCUT2D eigenvalue weighted by Gasteiger charge is -2.18. The summed E-state index contributed by atoms with van der Waals surface area (Å²) in [5.74, 6) is 2.40. The van der Waals surface area contributed by atoms with Gasteiger partial charge in [0.05, 0.1) is 23.8 Å². The summed E-state index contributed by atoms with van der Waals surface area (Å²) in [6.07, 6.45) is 1.65. The van der Waals surface area contributed by atoms with Crippen LogP contribution in [0.15, 0.2) is 56.5 Å². The Kier molecular flexibility index (Phi) is 9.08. The fraction of sp³-hybridized carbons (Fsp3) is 0.312. The van der Waals surface area contributed by atoms with Gasteiger partial charge in [-0.1, -0.05) is 12.1 Å². The molecule has 7 heteroatoms. The molecule has 2 rings (SSSR count). The molecule has 0 spiro atoms. The topological polar surface area (TPSA) is 58.8 Å². The number of rotatable bonds is 6. The van der Waals surface area contributed by atoms with E-state index in [0.29, 0.717) is 19.0 Å². The van der Waals surface area contributed by atoms with Gasteiger partial charge in [0.1, 0.15) is 17.6 Å². The maximum absolute atomic E-state index is 5.88. The molecule has 1 aromatic carbocycles. The van der Waals surface area contributed by atoms with Gasteiger partial charge in [0.25, 0.3) is 0 Å². The highest BCUT2D eigenvalue weighted by molar-refractivity contribution is 14.0. The largest absolute Gasteiger partial charge is 0.488 e. The second kappa shape index (κ2) is 10.5. The predicted molar refractivity (Wildman–Crippen MR) is 107 cm³/mol. The number of guanidine groups is 1. The van der Waals surface area contributed by atoms with Crippen molar-refractivity contribution in [2.24, 2.45) is 4.99 Å². The molecule has 2 aromatic rings. The average Bonchev–Trinajstić information content (AvgIpc) is 3.03. The van der Waals surface area contributed by atoms with Crippen molar-refractivity contribution in [3.8, 4) is 5.75 Å². The summed E-state index contributed by atoms with van der Waals surface area (Å²) in [5.41, 5.74) is 0. The highest BCUT2D eigenvalue weighted by atomic mass is 127. The molecule has 0 saturated carbocycles. The van der Waals surface area contributed by atoms with Gasteiger partial charge in [0.15, 0.2) is 5.96 Å². The van der Waals surface area contributed by atoms with Gasteiger partial charge in [-0.15, -0.1) is 24.0 Å². The second-order valence-corrected chi connectivity index (χ2v) is 5.60. The fourth-order valence-corrected chi connectivity index (χ4v) is 2.22. The Morgan fingerprint density at radius 2 is 2.04 bits per heavy atom. The molecule has 0 aliphatic carbocycles. The quantitative estimate of drug-likeness (QED) is 0.365. The summed E-state index contributed by atoms with van der Waals surface area (Å²) in [4.78, 5) is 4.17. The van der Waals surface area contributed by atoms with Gasteiger partial charge in [0, 0.05) is 7.05 Å². The van der Waals surface area contributed by atoms with Gasteiger partial charge in [0.2, 0.25) is 0 Å². The van der Waals surface area contributed by atoms with E-state index < -0.39 is 0 Å². The van der Waals surface area contributed by atoms with Gasteiger partial charge in [-0.05, 0) is 47.1 Å². The Labute approximate surface area is 162 Å². The van der Waals surface area contributed by atoms with E-state index in [9.17, 15) is 0 Å². The van der Waals surface area contributed by atoms with Crippen LogP contribution in [0.3, 0.4) is 0 Å². The van der Waals surface area contributed by atoms with Gasteiger partial charge in [-0.3, -0.25) is 4.99 Å². The van der Waals surface area contributed by atoms with Crippen molar-refractivity contribution in [1.29, 1.82) is 0 Å². The Morgan fingerprint density at radius 1 is 1.26 bits per heavy atom. The predicted octanol–water partition coefficient (Wildman–Crippen LogP) is 3.79. The van der Waals surface area contributed by atoms with E-state index in [1.54, 1.807) is 13.3 Å². The molecular weight excluding hydrogens is 473 g/mol. The summed E-state index contributed by atoms with van der Waals surface area (Å²) >= 11 is 3.47. The number of nitrogens with zero attached hydrogens (tertiary/aromatic N) is 1. The van der Waals surface area contributed by atoms with Crippen molar-refractivity contribution in [2.75, 3.05) is 13.6 Å². The molecule has 5 nitrogen and oxygen atoms in total. The zero-order valence-corrected chi connectivity index (χ0v) is 17.0. The standard InChI is InChI=1S/C16H20BrN3O2.HI/c1-12(22-15-8-4-3-7-14(15)17)10-19-16(18-2)20-11-13-6-5-9-21-13;/h3-9,12H,10-11H2,1-2H3,(H2,18,19,20);1H. The third-order valence-electron chi connectivity index (χ3n) is 2.96. The maximum atomic E-state index is 5.88.